The average Bonchev–Trinajstić information content (AvgIpc) is 2.49. The summed E-state index contributed by atoms with van der Waals surface area (Å²) in [4.78, 5) is 5.03. The lowest BCUT2D eigenvalue weighted by molar-refractivity contribution is -0.750. The summed E-state index contributed by atoms with van der Waals surface area (Å²) in [6.07, 6.45) is 0. The minimum absolute atomic E-state index is 0.00342. The molecule has 0 aliphatic rings. The number of hydrogen-bond donors (Lipinski definition) is 0. The number of aromatic nitrogens is 2. The summed E-state index contributed by atoms with van der Waals surface area (Å²) in [5.74, 6) is 0. The van der Waals surface area contributed by atoms with Crippen molar-refractivity contribution in [2.75, 3.05) is 0 Å². The van der Waals surface area contributed by atoms with Gasteiger partial charge in [0.15, 0.2) is 11.2 Å². The highest BCUT2D eigenvalue weighted by Crippen LogP contribution is 2.31. The van der Waals surface area contributed by atoms with E-state index in [1.54, 1.807) is 0 Å². The van der Waals surface area contributed by atoms with Gasteiger partial charge in [0.05, 0.1) is 0 Å². The molecule has 0 fully saturated rings. The summed E-state index contributed by atoms with van der Waals surface area (Å²) >= 11 is 0. The molecule has 24 heavy (non-hydrogen) atoms. The lowest BCUT2D eigenvalue weighted by Gasteiger charge is -2.24. The van der Waals surface area contributed by atoms with E-state index in [4.69, 9.17) is 4.98 Å². The van der Waals surface area contributed by atoms with Crippen LogP contribution in [0.1, 0.15) is 65.5 Å². The minimum Gasteiger partial charge on any atom is -0.246 e. The van der Waals surface area contributed by atoms with E-state index in [0.29, 0.717) is 0 Å². The fourth-order valence-corrected chi connectivity index (χ4v) is 3.65. The summed E-state index contributed by atoms with van der Waals surface area (Å²) in [6.45, 7) is 24.5. The Balaban J connectivity index is 3.06. The fraction of sp³-hybridized carbons (Fsp3) is 0.545. The Hall–Kier alpha value is -1.70. The third kappa shape index (κ3) is 2.76. The van der Waals surface area contributed by atoms with E-state index in [1.807, 2.05) is 0 Å². The molecule has 0 amide bonds. The van der Waals surface area contributed by atoms with Crippen LogP contribution in [0.3, 0.4) is 0 Å². The molecule has 2 nitrogen and oxygen atoms in total. The van der Waals surface area contributed by atoms with Gasteiger partial charge in [0.25, 0.3) is 0 Å². The molecule has 0 atom stereocenters. The van der Waals surface area contributed by atoms with Crippen LogP contribution < -0.4 is 4.57 Å². The summed E-state index contributed by atoms with van der Waals surface area (Å²) in [5, 5.41) is 0. The number of rotatable bonds is 1. The highest BCUT2D eigenvalue weighted by Gasteiger charge is 2.34. The van der Waals surface area contributed by atoms with E-state index in [9.17, 15) is 0 Å². The van der Waals surface area contributed by atoms with E-state index >= 15 is 0 Å². The molecule has 0 bridgehead atoms. The summed E-state index contributed by atoms with van der Waals surface area (Å²) in [7, 11) is 0. The first kappa shape index (κ1) is 18.6. The predicted molar refractivity (Wildman–Crippen MR) is 103 cm³/mol. The normalized spacial score (nSPS) is 12.0. The first-order valence-electron chi connectivity index (χ1n) is 8.87. The van der Waals surface area contributed by atoms with E-state index in [1.165, 1.54) is 44.8 Å². The quantitative estimate of drug-likeness (QED) is 0.654. The number of hydrogen-bond acceptors (Lipinski definition) is 1. The first-order chi connectivity index (χ1) is 10.9. The maximum absolute atomic E-state index is 5.03. The zero-order valence-corrected chi connectivity index (χ0v) is 17.4. The van der Waals surface area contributed by atoms with Gasteiger partial charge in [-0.2, -0.15) is 4.57 Å². The molecule has 2 rings (SSSR count). The number of nitrogens with zero attached hydrogens (tertiary/aromatic N) is 2. The van der Waals surface area contributed by atoms with Gasteiger partial charge >= 0.3 is 0 Å². The van der Waals surface area contributed by atoms with Crippen molar-refractivity contribution >= 4 is 0 Å². The lowest BCUT2D eigenvalue weighted by Crippen LogP contribution is -2.55. The molecule has 2 aromatic heterocycles. The van der Waals surface area contributed by atoms with Crippen LogP contribution in [0.4, 0.5) is 0 Å². The van der Waals surface area contributed by atoms with Crippen LogP contribution in [0.15, 0.2) is 0 Å². The standard InChI is InChI=1S/C22H33N2/c1-12-14(3)18(7)23-20(16(12)5)21-17(6)13(2)15(4)19(8)24(21)22(9,10)11/h1-11H3/q+1. The zero-order chi connectivity index (χ0) is 18.6. The van der Waals surface area contributed by atoms with Gasteiger partial charge in [0.2, 0.25) is 5.69 Å². The molecule has 2 aromatic rings. The lowest BCUT2D eigenvalue weighted by atomic mass is 9.92. The van der Waals surface area contributed by atoms with E-state index in [2.05, 4.69) is 80.7 Å². The molecule has 0 unspecified atom stereocenters. The largest absolute Gasteiger partial charge is 0.246 e. The minimum atomic E-state index is 0.00342. The smallest absolute Gasteiger partial charge is 0.235 e. The molecular weight excluding hydrogens is 292 g/mol. The molecule has 0 aliphatic heterocycles. The van der Waals surface area contributed by atoms with Crippen molar-refractivity contribution in [1.82, 2.24) is 4.98 Å². The summed E-state index contributed by atoms with van der Waals surface area (Å²) in [6, 6.07) is 0. The van der Waals surface area contributed by atoms with Crippen LogP contribution in [-0.4, -0.2) is 4.98 Å². The molecule has 0 saturated carbocycles. The predicted octanol–water partition coefficient (Wildman–Crippen LogP) is 5.26. The zero-order valence-electron chi connectivity index (χ0n) is 17.4. The fourth-order valence-electron chi connectivity index (χ4n) is 3.65. The number of pyridine rings is 2. The van der Waals surface area contributed by atoms with E-state index in [0.717, 1.165) is 11.4 Å². The third-order valence-electron chi connectivity index (χ3n) is 5.78. The van der Waals surface area contributed by atoms with Crippen LogP contribution in [0.2, 0.25) is 0 Å². The van der Waals surface area contributed by atoms with Crippen molar-refractivity contribution in [1.29, 1.82) is 0 Å². The van der Waals surface area contributed by atoms with Gasteiger partial charge < -0.3 is 0 Å². The van der Waals surface area contributed by atoms with Crippen LogP contribution in [0.25, 0.3) is 11.4 Å². The SMILES string of the molecule is Cc1nc(-c2c(C)c(C)c(C)c(C)[n+]2C(C)(C)C)c(C)c(C)c1C. The van der Waals surface area contributed by atoms with Crippen LogP contribution in [-0.2, 0) is 5.54 Å². The van der Waals surface area contributed by atoms with Gasteiger partial charge in [-0.1, -0.05) is 0 Å². The van der Waals surface area contributed by atoms with Gasteiger partial charge in [0.1, 0.15) is 5.69 Å². The third-order valence-corrected chi connectivity index (χ3v) is 5.78. The second-order valence-corrected chi connectivity index (χ2v) is 8.24. The average molecular weight is 326 g/mol. The molecule has 0 aromatic carbocycles. The second kappa shape index (κ2) is 5.98. The molecular formula is C22H33N2+. The van der Waals surface area contributed by atoms with E-state index < -0.39 is 0 Å². The van der Waals surface area contributed by atoms with Crippen molar-refractivity contribution in [3.63, 3.8) is 0 Å². The van der Waals surface area contributed by atoms with Crippen molar-refractivity contribution in [2.45, 2.75) is 81.7 Å². The topological polar surface area (TPSA) is 16.8 Å². The maximum Gasteiger partial charge on any atom is 0.235 e. The molecule has 0 N–H and O–H groups in total. The Morgan fingerprint density at radius 3 is 1.62 bits per heavy atom. The second-order valence-electron chi connectivity index (χ2n) is 8.24. The van der Waals surface area contributed by atoms with Gasteiger partial charge in [-0.25, -0.2) is 4.98 Å². The number of aryl methyl sites for hydroxylation is 1. The molecule has 0 aliphatic carbocycles. The molecule has 130 valence electrons. The monoisotopic (exact) mass is 325 g/mol. The Bertz CT molecular complexity index is 822. The Morgan fingerprint density at radius 1 is 0.625 bits per heavy atom. The molecule has 0 saturated heterocycles. The highest BCUT2D eigenvalue weighted by atomic mass is 15.1. The molecule has 0 spiro atoms. The van der Waals surface area contributed by atoms with Crippen molar-refractivity contribution in [3.05, 3.63) is 44.8 Å². The first-order valence-corrected chi connectivity index (χ1v) is 8.87. The van der Waals surface area contributed by atoms with Gasteiger partial charge in [-0.05, 0) is 70.7 Å². The molecule has 0 radical (unpaired) electrons. The van der Waals surface area contributed by atoms with Crippen molar-refractivity contribution < 1.29 is 4.57 Å². The van der Waals surface area contributed by atoms with Crippen LogP contribution >= 0.6 is 0 Å². The van der Waals surface area contributed by atoms with Crippen molar-refractivity contribution in [2.24, 2.45) is 0 Å². The maximum atomic E-state index is 5.03. The van der Waals surface area contributed by atoms with Gasteiger partial charge in [-0.15, -0.1) is 0 Å². The Kier molecular flexibility index (Phi) is 4.65. The summed E-state index contributed by atoms with van der Waals surface area (Å²) in [5.41, 5.74) is 12.9. The molecule has 2 heteroatoms. The Labute approximate surface area is 148 Å². The van der Waals surface area contributed by atoms with E-state index in [-0.39, 0.29) is 5.54 Å². The van der Waals surface area contributed by atoms with Crippen molar-refractivity contribution in [3.8, 4) is 11.4 Å². The molecule has 2 heterocycles. The highest BCUT2D eigenvalue weighted by molar-refractivity contribution is 5.64. The van der Waals surface area contributed by atoms with Gasteiger partial charge in [0, 0.05) is 44.5 Å². The van der Waals surface area contributed by atoms with Gasteiger partial charge in [-0.3, -0.25) is 0 Å². The van der Waals surface area contributed by atoms with Crippen LogP contribution in [0.5, 0.6) is 0 Å². The Morgan fingerprint density at radius 2 is 1.12 bits per heavy atom. The van der Waals surface area contributed by atoms with Crippen LogP contribution in [0, 0.1) is 55.4 Å². The summed E-state index contributed by atoms with van der Waals surface area (Å²) < 4.78 is 2.48.